The zero-order chi connectivity index (χ0) is 30.9. The Morgan fingerprint density at radius 3 is 2.17 bits per heavy atom. The number of amides is 2. The van der Waals surface area contributed by atoms with E-state index in [0.717, 1.165) is 31.2 Å². The van der Waals surface area contributed by atoms with Gasteiger partial charge in [-0.15, -0.1) is 13.2 Å². The first-order valence-corrected chi connectivity index (χ1v) is 14.5. The number of ether oxygens (including phenoxy) is 1. The Bertz CT molecular complexity index is 1460. The molecule has 0 aromatic heterocycles. The molecule has 3 aromatic rings. The molecule has 0 atom stereocenters. The molecule has 1 aliphatic rings. The summed E-state index contributed by atoms with van der Waals surface area (Å²) in [5.41, 5.74) is 1.96. The molecule has 13 heteroatoms. The lowest BCUT2D eigenvalue weighted by Crippen LogP contribution is -2.31. The van der Waals surface area contributed by atoms with Crippen LogP contribution in [0.25, 0.3) is 11.1 Å². The molecule has 1 aliphatic carbocycles. The highest BCUT2D eigenvalue weighted by Gasteiger charge is 2.31. The lowest BCUT2D eigenvalue weighted by atomic mass is 10.0. The first-order valence-electron chi connectivity index (χ1n) is 13.0. The molecule has 0 bridgehead atoms. The number of nitrogens with zero attached hydrogens (tertiary/aromatic N) is 1. The van der Waals surface area contributed by atoms with Gasteiger partial charge in [-0.05, 0) is 53.8 Å². The zero-order valence-electron chi connectivity index (χ0n) is 22.7. The van der Waals surface area contributed by atoms with E-state index in [4.69, 9.17) is 5.14 Å². The van der Waals surface area contributed by atoms with E-state index >= 15 is 0 Å². The predicted molar refractivity (Wildman–Crippen MR) is 148 cm³/mol. The van der Waals surface area contributed by atoms with Gasteiger partial charge in [-0.2, -0.15) is 0 Å². The molecular formula is C29H31F4N3O5S. The standard InChI is InChI=1S/C20H23FN2O3S.C9H8F3NO2/c1-23(20(24)16-5-2-3-6-16)13-14-9-11-15(12-10-14)19-17(21)7-4-8-18(19)27(22,25)26;10-9(11,12)15-8-3-1-7(2-4-8)5-13-6-14/h4,7-12,16H,2-3,5-6,13H2,1H3,(H2,22,25,26);1-4,6H,5H2,(H,13,14). The van der Waals surface area contributed by atoms with Crippen LogP contribution in [0.4, 0.5) is 17.6 Å². The lowest BCUT2D eigenvalue weighted by molar-refractivity contribution is -0.274. The Hall–Kier alpha value is -3.97. The number of hydrogen-bond donors (Lipinski definition) is 2. The van der Waals surface area contributed by atoms with Gasteiger partial charge in [0.25, 0.3) is 0 Å². The number of rotatable bonds is 9. The van der Waals surface area contributed by atoms with Crippen molar-refractivity contribution in [3.05, 3.63) is 83.7 Å². The molecule has 0 spiro atoms. The van der Waals surface area contributed by atoms with Crippen molar-refractivity contribution in [3.8, 4) is 16.9 Å². The summed E-state index contributed by atoms with van der Waals surface area (Å²) in [7, 11) is -2.26. The maximum Gasteiger partial charge on any atom is 0.573 e. The minimum atomic E-state index is -4.68. The van der Waals surface area contributed by atoms with E-state index in [-0.39, 0.29) is 34.6 Å². The summed E-state index contributed by atoms with van der Waals surface area (Å²) in [6, 6.07) is 15.9. The van der Waals surface area contributed by atoms with E-state index in [1.165, 1.54) is 42.5 Å². The van der Waals surface area contributed by atoms with Crippen LogP contribution in [0.15, 0.2) is 71.6 Å². The van der Waals surface area contributed by atoms with Gasteiger partial charge in [0.15, 0.2) is 0 Å². The van der Waals surface area contributed by atoms with E-state index < -0.39 is 22.2 Å². The van der Waals surface area contributed by atoms with E-state index in [1.54, 1.807) is 36.2 Å². The fraction of sp³-hybridized carbons (Fsp3) is 0.310. The number of carbonyl (C=O) groups is 2. The first kappa shape index (κ1) is 32.5. The molecule has 0 radical (unpaired) electrons. The maximum atomic E-state index is 14.3. The van der Waals surface area contributed by atoms with Crippen LogP contribution in [0.5, 0.6) is 5.75 Å². The van der Waals surface area contributed by atoms with Gasteiger partial charge in [-0.1, -0.05) is 55.3 Å². The molecule has 4 rings (SSSR count). The fourth-order valence-corrected chi connectivity index (χ4v) is 5.37. The third-order valence-electron chi connectivity index (χ3n) is 6.57. The van der Waals surface area contributed by atoms with E-state index in [0.29, 0.717) is 24.1 Å². The molecule has 8 nitrogen and oxygen atoms in total. The van der Waals surface area contributed by atoms with Crippen LogP contribution >= 0.6 is 0 Å². The summed E-state index contributed by atoms with van der Waals surface area (Å²) in [4.78, 5) is 23.8. The van der Waals surface area contributed by atoms with E-state index in [2.05, 4.69) is 10.1 Å². The molecule has 0 unspecified atom stereocenters. The predicted octanol–water partition coefficient (Wildman–Crippen LogP) is 5.12. The van der Waals surface area contributed by atoms with E-state index in [9.17, 15) is 35.6 Å². The average molecular weight is 610 g/mol. The molecule has 42 heavy (non-hydrogen) atoms. The monoisotopic (exact) mass is 609 g/mol. The van der Waals surface area contributed by atoms with Crippen LogP contribution < -0.4 is 15.2 Å². The molecular weight excluding hydrogens is 578 g/mol. The summed E-state index contributed by atoms with van der Waals surface area (Å²) in [5.74, 6) is -0.660. The van der Waals surface area contributed by atoms with Crippen molar-refractivity contribution in [2.24, 2.45) is 11.1 Å². The number of primary sulfonamides is 1. The van der Waals surface area contributed by atoms with Crippen LogP contribution in [0.1, 0.15) is 36.8 Å². The van der Waals surface area contributed by atoms with E-state index in [1.807, 2.05) is 0 Å². The quantitative estimate of drug-likeness (QED) is 0.258. The van der Waals surface area contributed by atoms with Crippen LogP contribution in [0.3, 0.4) is 0 Å². The Morgan fingerprint density at radius 2 is 1.62 bits per heavy atom. The summed E-state index contributed by atoms with van der Waals surface area (Å²) in [5, 5.41) is 7.60. The molecule has 3 aromatic carbocycles. The van der Waals surface area contributed by atoms with Crippen molar-refractivity contribution in [1.82, 2.24) is 10.2 Å². The second-order valence-electron chi connectivity index (χ2n) is 9.72. The number of benzene rings is 3. The largest absolute Gasteiger partial charge is 0.573 e. The van der Waals surface area contributed by atoms with Crippen LogP contribution in [0, 0.1) is 11.7 Å². The molecule has 0 aliphatic heterocycles. The van der Waals surface area contributed by atoms with Crippen molar-refractivity contribution in [3.63, 3.8) is 0 Å². The van der Waals surface area contributed by atoms with Crippen molar-refractivity contribution < 1.29 is 40.3 Å². The molecule has 2 amide bonds. The van der Waals surface area contributed by atoms with Gasteiger partial charge >= 0.3 is 6.36 Å². The number of alkyl halides is 3. The first-order chi connectivity index (χ1) is 19.8. The number of hydrogen-bond acceptors (Lipinski definition) is 5. The number of sulfonamides is 1. The normalized spacial score (nSPS) is 13.6. The summed E-state index contributed by atoms with van der Waals surface area (Å²) < 4.78 is 76.8. The number of nitrogens with one attached hydrogen (secondary N) is 1. The highest BCUT2D eigenvalue weighted by Crippen LogP contribution is 2.30. The lowest BCUT2D eigenvalue weighted by Gasteiger charge is -2.21. The number of halogens is 4. The zero-order valence-corrected chi connectivity index (χ0v) is 23.6. The van der Waals surface area contributed by atoms with Gasteiger partial charge in [-0.25, -0.2) is 17.9 Å². The summed E-state index contributed by atoms with van der Waals surface area (Å²) >= 11 is 0. The van der Waals surface area contributed by atoms with Crippen LogP contribution in [-0.4, -0.2) is 39.0 Å². The van der Waals surface area contributed by atoms with Crippen molar-refractivity contribution in [1.29, 1.82) is 0 Å². The smallest absolute Gasteiger partial charge is 0.406 e. The van der Waals surface area contributed by atoms with Crippen molar-refractivity contribution in [2.45, 2.75) is 50.0 Å². The topological polar surface area (TPSA) is 119 Å². The Kier molecular flexibility index (Phi) is 11.1. The van der Waals surface area contributed by atoms with Gasteiger partial charge in [0, 0.05) is 31.6 Å². The van der Waals surface area contributed by atoms with Crippen molar-refractivity contribution >= 4 is 22.3 Å². The summed E-state index contributed by atoms with van der Waals surface area (Å²) in [6.45, 7) is 0.727. The molecule has 1 saturated carbocycles. The minimum Gasteiger partial charge on any atom is -0.406 e. The Labute approximate surface area is 241 Å². The number of carbonyl (C=O) groups excluding carboxylic acids is 2. The molecule has 0 heterocycles. The second-order valence-corrected chi connectivity index (χ2v) is 11.3. The van der Waals surface area contributed by atoms with Gasteiger partial charge in [0.1, 0.15) is 11.6 Å². The molecule has 1 fully saturated rings. The fourth-order valence-electron chi connectivity index (χ4n) is 4.60. The highest BCUT2D eigenvalue weighted by atomic mass is 32.2. The van der Waals surface area contributed by atoms with Crippen LogP contribution in [-0.2, 0) is 32.7 Å². The molecule has 3 N–H and O–H groups in total. The SMILES string of the molecule is CN(Cc1ccc(-c2c(F)cccc2S(N)(=O)=O)cc1)C(=O)C1CCCC1.O=CNCc1ccc(OC(F)(F)F)cc1. The van der Waals surface area contributed by atoms with Crippen LogP contribution in [0.2, 0.25) is 0 Å². The molecule has 0 saturated heterocycles. The third-order valence-corrected chi connectivity index (χ3v) is 7.52. The van der Waals surface area contributed by atoms with Crippen molar-refractivity contribution in [2.75, 3.05) is 7.05 Å². The highest BCUT2D eigenvalue weighted by molar-refractivity contribution is 7.89. The maximum absolute atomic E-state index is 14.3. The minimum absolute atomic E-state index is 0.0399. The third kappa shape index (κ3) is 9.55. The number of nitrogens with two attached hydrogens (primary N) is 1. The van der Waals surface area contributed by atoms with Gasteiger partial charge < -0.3 is 15.0 Å². The molecule has 226 valence electrons. The summed E-state index contributed by atoms with van der Waals surface area (Å²) in [6.07, 6.45) is -0.0535. The van der Waals surface area contributed by atoms with Gasteiger partial charge in [0.2, 0.25) is 22.3 Å². The Morgan fingerprint density at radius 1 is 1.02 bits per heavy atom. The second kappa shape index (κ2) is 14.3. The van der Waals surface area contributed by atoms with Gasteiger partial charge in [0.05, 0.1) is 4.90 Å². The van der Waals surface area contributed by atoms with Gasteiger partial charge in [-0.3, -0.25) is 9.59 Å². The Balaban J connectivity index is 0.000000274. The average Bonchev–Trinajstić information content (AvgIpc) is 3.47.